The Morgan fingerprint density at radius 1 is 1.25 bits per heavy atom. The van der Waals surface area contributed by atoms with Gasteiger partial charge in [0.1, 0.15) is 0 Å². The minimum Gasteiger partial charge on any atom is -0.545 e. The van der Waals surface area contributed by atoms with Gasteiger partial charge in [0.2, 0.25) is 0 Å². The van der Waals surface area contributed by atoms with Crippen LogP contribution in [0.25, 0.3) is 0 Å². The zero-order valence-corrected chi connectivity index (χ0v) is 2.94. The van der Waals surface area contributed by atoms with Crippen molar-refractivity contribution in [2.45, 2.75) is 0 Å². The Labute approximate surface area is 35.0 Å². The van der Waals surface area contributed by atoms with Crippen molar-refractivity contribution in [2.24, 2.45) is 0 Å². The van der Waals surface area contributed by atoms with Gasteiger partial charge in [-0.3, -0.25) is 6.79 Å². The smallest absolute Gasteiger partial charge is 0 e. The summed E-state index contributed by atoms with van der Waals surface area (Å²) in [5.41, 5.74) is 0. The summed E-state index contributed by atoms with van der Waals surface area (Å²) in [6.45, 7) is 3.25. The Morgan fingerprint density at radius 2 is 1.25 bits per heavy atom. The maximum absolute atomic E-state index is 7.75. The third kappa shape index (κ3) is 127. The molecule has 0 rings (SSSR count). The molecule has 28 valence electrons. The second kappa shape index (κ2) is 651. The SMILES string of the molecule is O.[CH-]=O.[Fe]. The van der Waals surface area contributed by atoms with Gasteiger partial charge < -0.3 is 10.3 Å². The molecule has 0 atom stereocenters. The molecular formula is CH3FeO2-. The predicted molar refractivity (Wildman–Crippen MR) is 10.4 cm³/mol. The Morgan fingerprint density at radius 3 is 1.25 bits per heavy atom. The van der Waals surface area contributed by atoms with E-state index in [-0.39, 0.29) is 22.5 Å². The Kier molecular flexibility index (Phi) is 5070. The van der Waals surface area contributed by atoms with Crippen molar-refractivity contribution < 1.29 is 27.3 Å². The molecule has 0 aliphatic rings. The van der Waals surface area contributed by atoms with Crippen LogP contribution in [0.15, 0.2) is 0 Å². The van der Waals surface area contributed by atoms with E-state index in [0.717, 1.165) is 0 Å². The quantitative estimate of drug-likeness (QED) is 0.218. The van der Waals surface area contributed by atoms with Gasteiger partial charge in [0, 0.05) is 17.1 Å². The number of rotatable bonds is 0. The molecule has 4 heavy (non-hydrogen) atoms. The second-order valence-electron chi connectivity index (χ2n) is 0. The molecular weight excluding hydrogens is 99.9 g/mol. The van der Waals surface area contributed by atoms with Gasteiger partial charge >= 0.3 is 0 Å². The fourth-order valence-electron chi connectivity index (χ4n) is 0. The van der Waals surface area contributed by atoms with Crippen molar-refractivity contribution in [2.75, 3.05) is 0 Å². The number of hydrogen-bond donors (Lipinski definition) is 0. The normalized spacial score (nSPS) is 1.00. The van der Waals surface area contributed by atoms with Gasteiger partial charge in [0.15, 0.2) is 0 Å². The fourth-order valence-corrected chi connectivity index (χ4v) is 0. The summed E-state index contributed by atoms with van der Waals surface area (Å²) in [5.74, 6) is 0. The van der Waals surface area contributed by atoms with E-state index in [1.165, 1.54) is 0 Å². The van der Waals surface area contributed by atoms with Crippen LogP contribution in [0.1, 0.15) is 0 Å². The zero-order valence-electron chi connectivity index (χ0n) is 1.84. The van der Waals surface area contributed by atoms with Gasteiger partial charge in [-0.2, -0.15) is 0 Å². The van der Waals surface area contributed by atoms with Crippen LogP contribution < -0.4 is 0 Å². The van der Waals surface area contributed by atoms with Crippen molar-refractivity contribution in [3.8, 4) is 0 Å². The summed E-state index contributed by atoms with van der Waals surface area (Å²) in [6, 6.07) is 0. The van der Waals surface area contributed by atoms with Crippen LogP contribution >= 0.6 is 0 Å². The van der Waals surface area contributed by atoms with E-state index in [2.05, 4.69) is 6.79 Å². The summed E-state index contributed by atoms with van der Waals surface area (Å²) in [5, 5.41) is 0. The molecule has 0 aromatic rings. The molecule has 0 saturated carbocycles. The second-order valence-corrected chi connectivity index (χ2v) is 0. The molecule has 3 heteroatoms. The Hall–Kier alpha value is 0.149. The first-order valence-electron chi connectivity index (χ1n) is 0.236. The summed E-state index contributed by atoms with van der Waals surface area (Å²) >= 11 is 0. The van der Waals surface area contributed by atoms with E-state index in [1.807, 2.05) is 0 Å². The molecule has 0 aliphatic heterocycles. The molecule has 0 radical (unpaired) electrons. The average molecular weight is 103 g/mol. The van der Waals surface area contributed by atoms with Crippen molar-refractivity contribution in [3.05, 3.63) is 0 Å². The van der Waals surface area contributed by atoms with Crippen molar-refractivity contribution >= 4 is 6.79 Å². The first kappa shape index (κ1) is 31.2. The van der Waals surface area contributed by atoms with Gasteiger partial charge in [-0.25, -0.2) is 0 Å². The largest absolute Gasteiger partial charge is 0.545 e. The molecule has 0 fully saturated rings. The van der Waals surface area contributed by atoms with E-state index < -0.39 is 0 Å². The van der Waals surface area contributed by atoms with E-state index in [4.69, 9.17) is 4.79 Å². The van der Waals surface area contributed by atoms with Crippen molar-refractivity contribution in [1.82, 2.24) is 0 Å². The van der Waals surface area contributed by atoms with Crippen LogP contribution in [-0.2, 0) is 21.9 Å². The standard InChI is InChI=1S/CHO.Fe.H2O/c1-2;;/h1H;;1H2/q-1;;. The van der Waals surface area contributed by atoms with Gasteiger partial charge in [0.05, 0.1) is 0 Å². The van der Waals surface area contributed by atoms with Gasteiger partial charge in [-0.05, 0) is 0 Å². The predicted octanol–water partition coefficient (Wildman–Crippen LogP) is -1.10. The minimum absolute atomic E-state index is 0. The van der Waals surface area contributed by atoms with Crippen LogP contribution in [-0.4, -0.2) is 12.3 Å². The summed E-state index contributed by atoms with van der Waals surface area (Å²) in [6.07, 6.45) is 0. The van der Waals surface area contributed by atoms with Crippen LogP contribution in [0, 0.1) is 0 Å². The number of hydrogen-bond acceptors (Lipinski definition) is 1. The third-order valence-corrected chi connectivity index (χ3v) is 0. The van der Waals surface area contributed by atoms with Crippen LogP contribution in [0.3, 0.4) is 0 Å². The van der Waals surface area contributed by atoms with E-state index >= 15 is 0 Å². The molecule has 2 N–H and O–H groups in total. The first-order valence-corrected chi connectivity index (χ1v) is 0.236. The van der Waals surface area contributed by atoms with Gasteiger partial charge in [-0.1, -0.05) is 0 Å². The average Bonchev–Trinajstić information content (AvgIpc) is 1.00. The van der Waals surface area contributed by atoms with E-state index in [9.17, 15) is 0 Å². The van der Waals surface area contributed by atoms with Crippen LogP contribution in [0.4, 0.5) is 0 Å². The monoisotopic (exact) mass is 103 g/mol. The molecule has 0 unspecified atom stereocenters. The van der Waals surface area contributed by atoms with Gasteiger partial charge in [0.25, 0.3) is 0 Å². The molecule has 0 saturated heterocycles. The summed E-state index contributed by atoms with van der Waals surface area (Å²) in [7, 11) is 0. The van der Waals surface area contributed by atoms with Crippen LogP contribution in [0.2, 0.25) is 0 Å². The van der Waals surface area contributed by atoms with Crippen molar-refractivity contribution in [3.63, 3.8) is 0 Å². The zero-order chi connectivity index (χ0) is 2.00. The maximum atomic E-state index is 7.75. The molecule has 0 aromatic heterocycles. The van der Waals surface area contributed by atoms with E-state index in [0.29, 0.717) is 0 Å². The van der Waals surface area contributed by atoms with Gasteiger partial charge in [-0.15, -0.1) is 0 Å². The molecule has 2 nitrogen and oxygen atoms in total. The number of carbonyl (C=O) groups excluding carboxylic acids is 1. The molecule has 0 heterocycles. The molecule has 0 amide bonds. The molecule has 0 spiro atoms. The molecule has 0 aromatic carbocycles. The Balaban J connectivity index is -0.00000000500. The molecule has 0 bridgehead atoms. The maximum Gasteiger partial charge on any atom is 0 e. The van der Waals surface area contributed by atoms with E-state index in [1.54, 1.807) is 0 Å². The Bertz CT molecular complexity index is 6.00. The minimum atomic E-state index is 0. The topological polar surface area (TPSA) is 48.6 Å². The molecule has 0 aliphatic carbocycles. The first-order chi connectivity index (χ1) is 1.00. The van der Waals surface area contributed by atoms with Crippen LogP contribution in [0.5, 0.6) is 0 Å². The fraction of sp³-hybridized carbons (Fsp3) is 0. The summed E-state index contributed by atoms with van der Waals surface area (Å²) < 4.78 is 0. The summed E-state index contributed by atoms with van der Waals surface area (Å²) in [4.78, 5) is 7.75. The third-order valence-electron chi connectivity index (χ3n) is 0. The van der Waals surface area contributed by atoms with Crippen molar-refractivity contribution in [1.29, 1.82) is 0 Å².